The lowest BCUT2D eigenvalue weighted by molar-refractivity contribution is -0.117. The summed E-state index contributed by atoms with van der Waals surface area (Å²) < 4.78 is 1.64. The molecule has 0 saturated carbocycles. The highest BCUT2D eigenvalue weighted by atomic mass is 32.2. The molecule has 0 aliphatic carbocycles. The molecule has 6 heteroatoms. The van der Waals surface area contributed by atoms with Crippen LogP contribution in [0.1, 0.15) is 0 Å². The summed E-state index contributed by atoms with van der Waals surface area (Å²) in [7, 11) is 1.80. The number of hydrogen-bond donors (Lipinski definition) is 2. The molecule has 1 aliphatic rings. The van der Waals surface area contributed by atoms with E-state index in [0.29, 0.717) is 0 Å². The first kappa shape index (κ1) is 9.54. The molecular weight excluding hydrogens is 200 g/mol. The zero-order valence-corrected chi connectivity index (χ0v) is 8.67. The maximum absolute atomic E-state index is 11.6. The van der Waals surface area contributed by atoms with Crippen molar-refractivity contribution in [1.29, 1.82) is 0 Å². The van der Waals surface area contributed by atoms with Gasteiger partial charge in [0, 0.05) is 24.7 Å². The number of amides is 1. The molecule has 1 saturated heterocycles. The fourth-order valence-electron chi connectivity index (χ4n) is 1.27. The summed E-state index contributed by atoms with van der Waals surface area (Å²) in [5.41, 5.74) is 0. The highest BCUT2D eigenvalue weighted by Crippen LogP contribution is 2.11. The molecule has 2 rings (SSSR count). The van der Waals surface area contributed by atoms with Crippen LogP contribution in [-0.2, 0) is 11.8 Å². The number of nitrogens with zero attached hydrogens (tertiary/aromatic N) is 2. The maximum atomic E-state index is 11.6. The van der Waals surface area contributed by atoms with E-state index < -0.39 is 0 Å². The van der Waals surface area contributed by atoms with Crippen LogP contribution in [0, 0.1) is 0 Å². The molecule has 0 radical (unpaired) electrons. The molecule has 0 aromatic carbocycles. The molecule has 0 spiro atoms. The number of hydrogen-bond acceptors (Lipinski definition) is 4. The second-order valence-electron chi connectivity index (χ2n) is 3.10. The third-order valence-electron chi connectivity index (χ3n) is 2.10. The van der Waals surface area contributed by atoms with Gasteiger partial charge in [-0.2, -0.15) is 5.10 Å². The molecule has 1 aromatic heterocycles. The number of nitrogens with one attached hydrogen (secondary N) is 2. The van der Waals surface area contributed by atoms with E-state index in [-0.39, 0.29) is 11.9 Å². The van der Waals surface area contributed by atoms with Gasteiger partial charge in [0.25, 0.3) is 0 Å². The molecule has 0 bridgehead atoms. The van der Waals surface area contributed by atoms with Crippen molar-refractivity contribution in [2.24, 2.45) is 7.05 Å². The minimum atomic E-state index is -0.0742. The van der Waals surface area contributed by atoms with Crippen LogP contribution in [-0.4, -0.2) is 33.4 Å². The van der Waals surface area contributed by atoms with Gasteiger partial charge in [0.05, 0.1) is 12.2 Å². The zero-order chi connectivity index (χ0) is 9.97. The number of rotatable bonds is 2. The third-order valence-corrected chi connectivity index (χ3v) is 3.04. The molecule has 1 aromatic rings. The van der Waals surface area contributed by atoms with Crippen LogP contribution < -0.4 is 10.6 Å². The van der Waals surface area contributed by atoms with Crippen molar-refractivity contribution in [2.75, 3.05) is 16.9 Å². The van der Waals surface area contributed by atoms with Crippen molar-refractivity contribution >= 4 is 23.5 Å². The number of carbonyl (C=O) groups is 1. The van der Waals surface area contributed by atoms with Crippen molar-refractivity contribution in [1.82, 2.24) is 15.1 Å². The maximum Gasteiger partial charge on any atom is 0.243 e. The van der Waals surface area contributed by atoms with Crippen LogP contribution in [0.3, 0.4) is 0 Å². The lowest BCUT2D eigenvalue weighted by Gasteiger charge is -2.09. The highest BCUT2D eigenvalue weighted by molar-refractivity contribution is 7.99. The summed E-state index contributed by atoms with van der Waals surface area (Å²) in [5, 5.41) is 9.90. The number of thioether (sulfide) groups is 1. The van der Waals surface area contributed by atoms with E-state index in [9.17, 15) is 4.79 Å². The van der Waals surface area contributed by atoms with E-state index in [1.165, 1.54) is 0 Å². The Morgan fingerprint density at radius 2 is 2.71 bits per heavy atom. The largest absolute Gasteiger partial charge is 0.310 e. The van der Waals surface area contributed by atoms with Crippen molar-refractivity contribution in [2.45, 2.75) is 6.04 Å². The molecule has 1 atom stereocenters. The quantitative estimate of drug-likeness (QED) is 0.725. The molecular formula is C8H12N4OS. The van der Waals surface area contributed by atoms with E-state index in [4.69, 9.17) is 0 Å². The predicted molar refractivity (Wildman–Crippen MR) is 56.1 cm³/mol. The molecule has 76 valence electrons. The molecule has 14 heavy (non-hydrogen) atoms. The van der Waals surface area contributed by atoms with Gasteiger partial charge in [-0.25, -0.2) is 0 Å². The third kappa shape index (κ3) is 1.91. The molecule has 5 nitrogen and oxygen atoms in total. The fraction of sp³-hybridized carbons (Fsp3) is 0.500. The average molecular weight is 212 g/mol. The summed E-state index contributed by atoms with van der Waals surface area (Å²) in [5.74, 6) is 2.43. The Morgan fingerprint density at radius 1 is 1.86 bits per heavy atom. The second-order valence-corrected chi connectivity index (χ2v) is 4.13. The van der Waals surface area contributed by atoms with Crippen LogP contribution in [0.5, 0.6) is 0 Å². The lowest BCUT2D eigenvalue weighted by atomic mass is 10.3. The minimum Gasteiger partial charge on any atom is -0.310 e. The zero-order valence-electron chi connectivity index (χ0n) is 7.86. The summed E-state index contributed by atoms with van der Waals surface area (Å²) in [6.07, 6.45) is 1.66. The Morgan fingerprint density at radius 3 is 3.29 bits per heavy atom. The minimum absolute atomic E-state index is 0.0126. The van der Waals surface area contributed by atoms with Gasteiger partial charge in [0.2, 0.25) is 5.91 Å². The molecule has 1 aliphatic heterocycles. The van der Waals surface area contributed by atoms with Gasteiger partial charge in [-0.05, 0) is 0 Å². The fourth-order valence-corrected chi connectivity index (χ4v) is 2.22. The Kier molecular flexibility index (Phi) is 2.74. The lowest BCUT2D eigenvalue weighted by Crippen LogP contribution is -2.37. The van der Waals surface area contributed by atoms with E-state index in [0.717, 1.165) is 17.4 Å². The summed E-state index contributed by atoms with van der Waals surface area (Å²) >= 11 is 1.73. The molecule has 1 fully saturated rings. The normalized spacial score (nSPS) is 21.1. The smallest absolute Gasteiger partial charge is 0.243 e. The van der Waals surface area contributed by atoms with Gasteiger partial charge in [0.15, 0.2) is 0 Å². The summed E-state index contributed by atoms with van der Waals surface area (Å²) in [4.78, 5) is 11.6. The van der Waals surface area contributed by atoms with Crippen molar-refractivity contribution < 1.29 is 4.79 Å². The highest BCUT2D eigenvalue weighted by Gasteiger charge is 2.22. The van der Waals surface area contributed by atoms with E-state index >= 15 is 0 Å². The Balaban J connectivity index is 1.97. The van der Waals surface area contributed by atoms with Gasteiger partial charge in [0.1, 0.15) is 5.82 Å². The molecule has 1 amide bonds. The van der Waals surface area contributed by atoms with Gasteiger partial charge in [-0.15, -0.1) is 11.8 Å². The standard InChI is InChI=1S/C8H12N4OS/c1-12-7(2-3-10-12)11-8(13)6-4-14-5-9-6/h2-3,6,9H,4-5H2,1H3,(H,11,13)/t6-/m1/s1. The van der Waals surface area contributed by atoms with Gasteiger partial charge < -0.3 is 5.32 Å². The van der Waals surface area contributed by atoms with Crippen molar-refractivity contribution in [3.63, 3.8) is 0 Å². The first-order valence-corrected chi connectivity index (χ1v) is 5.53. The van der Waals surface area contributed by atoms with Crippen molar-refractivity contribution in [3.05, 3.63) is 12.3 Å². The van der Waals surface area contributed by atoms with Crippen LogP contribution in [0.2, 0.25) is 0 Å². The first-order chi connectivity index (χ1) is 6.77. The van der Waals surface area contributed by atoms with Crippen LogP contribution in [0.4, 0.5) is 5.82 Å². The SMILES string of the molecule is Cn1nccc1NC(=O)[C@H]1CSCN1. The summed E-state index contributed by atoms with van der Waals surface area (Å²) in [6, 6.07) is 1.70. The van der Waals surface area contributed by atoms with Gasteiger partial charge >= 0.3 is 0 Å². The van der Waals surface area contributed by atoms with E-state index in [2.05, 4.69) is 15.7 Å². The van der Waals surface area contributed by atoms with Gasteiger partial charge in [-0.1, -0.05) is 0 Å². The van der Waals surface area contributed by atoms with E-state index in [1.807, 2.05) is 0 Å². The van der Waals surface area contributed by atoms with Crippen LogP contribution in [0.15, 0.2) is 12.3 Å². The molecule has 2 N–H and O–H groups in total. The topological polar surface area (TPSA) is 59.0 Å². The van der Waals surface area contributed by atoms with E-state index in [1.54, 1.807) is 35.8 Å². The Labute approximate surface area is 86.2 Å². The second kappa shape index (κ2) is 4.02. The molecule has 2 heterocycles. The predicted octanol–water partition coefficient (Wildman–Crippen LogP) is 0.0211. The monoisotopic (exact) mass is 212 g/mol. The average Bonchev–Trinajstić information content (AvgIpc) is 2.77. The van der Waals surface area contributed by atoms with Crippen molar-refractivity contribution in [3.8, 4) is 0 Å². The van der Waals surface area contributed by atoms with Crippen LogP contribution >= 0.6 is 11.8 Å². The number of carbonyl (C=O) groups excluding carboxylic acids is 1. The van der Waals surface area contributed by atoms with Gasteiger partial charge in [-0.3, -0.25) is 14.8 Å². The van der Waals surface area contributed by atoms with Crippen LogP contribution in [0.25, 0.3) is 0 Å². The summed E-state index contributed by atoms with van der Waals surface area (Å²) in [6.45, 7) is 0. The Bertz CT molecular complexity index is 332. The first-order valence-electron chi connectivity index (χ1n) is 4.37. The Hall–Kier alpha value is -1.01. The number of aryl methyl sites for hydroxylation is 1. The molecule has 0 unspecified atom stereocenters. The number of anilines is 1. The number of aromatic nitrogens is 2.